The summed E-state index contributed by atoms with van der Waals surface area (Å²) < 4.78 is 0.371. The molecule has 0 amide bonds. The van der Waals surface area contributed by atoms with Crippen LogP contribution in [0.2, 0.25) is 0 Å². The zero-order valence-corrected chi connectivity index (χ0v) is 12.7. The third-order valence-corrected chi connectivity index (χ3v) is 5.70. The van der Waals surface area contributed by atoms with Crippen LogP contribution < -0.4 is 11.1 Å². The number of nitrogens with one attached hydrogen (secondary N) is 2. The lowest BCUT2D eigenvalue weighted by molar-refractivity contribution is 0.411. The molecule has 4 N–H and O–H groups in total. The number of hydrogen-bond donors (Lipinski definition) is 3. The van der Waals surface area contributed by atoms with Crippen molar-refractivity contribution in [2.24, 2.45) is 0 Å². The van der Waals surface area contributed by atoms with Gasteiger partial charge in [0.1, 0.15) is 0 Å². The van der Waals surface area contributed by atoms with Gasteiger partial charge in [-0.05, 0) is 37.3 Å². The predicted molar refractivity (Wildman–Crippen MR) is 88.3 cm³/mol. The van der Waals surface area contributed by atoms with E-state index in [0.29, 0.717) is 4.75 Å². The molecule has 0 atom stereocenters. The Labute approximate surface area is 123 Å². The van der Waals surface area contributed by atoms with Gasteiger partial charge in [0, 0.05) is 17.0 Å². The van der Waals surface area contributed by atoms with Crippen molar-refractivity contribution < 1.29 is 0 Å². The third kappa shape index (κ3) is 2.73. The third-order valence-electron chi connectivity index (χ3n) is 4.28. The minimum Gasteiger partial charge on any atom is -0.399 e. The van der Waals surface area contributed by atoms with Gasteiger partial charge in [0.15, 0.2) is 0 Å². The molecule has 20 heavy (non-hydrogen) atoms. The van der Waals surface area contributed by atoms with Crippen LogP contribution >= 0.6 is 11.8 Å². The van der Waals surface area contributed by atoms with Crippen LogP contribution in [0, 0.1) is 0 Å². The minimum atomic E-state index is 0.371. The molecule has 0 unspecified atom stereocenters. The number of fused-ring (bicyclic) bond motifs is 1. The average Bonchev–Trinajstić information content (AvgIpc) is 2.88. The van der Waals surface area contributed by atoms with Gasteiger partial charge < -0.3 is 16.0 Å². The maximum atomic E-state index is 5.80. The van der Waals surface area contributed by atoms with Crippen molar-refractivity contribution in [2.45, 2.75) is 36.9 Å². The zero-order chi connectivity index (χ0) is 14.0. The van der Waals surface area contributed by atoms with E-state index in [9.17, 15) is 0 Å². The molecule has 0 saturated heterocycles. The summed E-state index contributed by atoms with van der Waals surface area (Å²) in [7, 11) is 0. The van der Waals surface area contributed by atoms with Crippen LogP contribution in [0.15, 0.2) is 18.2 Å². The Kier molecular flexibility index (Phi) is 3.78. The maximum absolute atomic E-state index is 5.80. The second kappa shape index (κ2) is 5.56. The molecular weight excluding hydrogens is 268 g/mol. The van der Waals surface area contributed by atoms with Gasteiger partial charge in [0.05, 0.1) is 11.0 Å². The molecule has 0 aliphatic heterocycles. The van der Waals surface area contributed by atoms with Crippen molar-refractivity contribution in [3.8, 4) is 0 Å². The summed E-state index contributed by atoms with van der Waals surface area (Å²) in [5.74, 6) is 0.851. The van der Waals surface area contributed by atoms with E-state index in [0.717, 1.165) is 29.2 Å². The molecule has 1 saturated carbocycles. The van der Waals surface area contributed by atoms with Gasteiger partial charge in [-0.3, -0.25) is 0 Å². The first-order valence-electron chi connectivity index (χ1n) is 7.25. The normalized spacial score (nSPS) is 18.2. The highest BCUT2D eigenvalue weighted by atomic mass is 32.2. The number of nitrogens with zero attached hydrogens (tertiary/aromatic N) is 1. The van der Waals surface area contributed by atoms with E-state index in [-0.39, 0.29) is 0 Å². The summed E-state index contributed by atoms with van der Waals surface area (Å²) in [5.41, 5.74) is 8.52. The van der Waals surface area contributed by atoms with Gasteiger partial charge in [0.2, 0.25) is 5.95 Å². The Balaban J connectivity index is 1.72. The number of nitrogens with two attached hydrogens (primary N) is 1. The highest BCUT2D eigenvalue weighted by Crippen LogP contribution is 2.38. The zero-order valence-electron chi connectivity index (χ0n) is 11.9. The summed E-state index contributed by atoms with van der Waals surface area (Å²) in [4.78, 5) is 7.88. The fourth-order valence-corrected chi connectivity index (χ4v) is 3.92. The Morgan fingerprint density at radius 3 is 2.90 bits per heavy atom. The number of hydrogen-bond acceptors (Lipinski definition) is 4. The molecule has 1 fully saturated rings. The average molecular weight is 290 g/mol. The molecule has 1 aliphatic carbocycles. The molecular formula is C15H22N4S. The molecule has 0 radical (unpaired) electrons. The van der Waals surface area contributed by atoms with E-state index >= 15 is 0 Å². The standard InChI is InChI=1S/C15H22N4S/c1-20-15(7-3-2-4-8-15)10-17-14-18-12-6-5-11(16)9-13(12)19-14/h5-6,9H,2-4,7-8,10,16H2,1H3,(H2,17,18,19). The molecule has 4 nitrogen and oxygen atoms in total. The van der Waals surface area contributed by atoms with Gasteiger partial charge in [-0.25, -0.2) is 4.98 Å². The van der Waals surface area contributed by atoms with E-state index in [1.165, 1.54) is 32.1 Å². The van der Waals surface area contributed by atoms with Crippen LogP contribution in [0.1, 0.15) is 32.1 Å². The van der Waals surface area contributed by atoms with E-state index in [1.54, 1.807) is 0 Å². The van der Waals surface area contributed by atoms with Crippen LogP contribution in [0.5, 0.6) is 0 Å². The lowest BCUT2D eigenvalue weighted by Crippen LogP contribution is -2.35. The summed E-state index contributed by atoms with van der Waals surface area (Å²) in [6.07, 6.45) is 8.90. The largest absolute Gasteiger partial charge is 0.399 e. The Hall–Kier alpha value is -1.36. The van der Waals surface area contributed by atoms with E-state index in [4.69, 9.17) is 5.73 Å². The van der Waals surface area contributed by atoms with Crippen molar-refractivity contribution in [1.29, 1.82) is 0 Å². The Morgan fingerprint density at radius 1 is 1.35 bits per heavy atom. The molecule has 2 aromatic rings. The number of rotatable bonds is 4. The van der Waals surface area contributed by atoms with Gasteiger partial charge in [0.25, 0.3) is 0 Å². The van der Waals surface area contributed by atoms with E-state index < -0.39 is 0 Å². The second-order valence-electron chi connectivity index (χ2n) is 5.66. The lowest BCUT2D eigenvalue weighted by atomic mass is 9.88. The topological polar surface area (TPSA) is 66.7 Å². The van der Waals surface area contributed by atoms with Crippen LogP contribution in [0.3, 0.4) is 0 Å². The minimum absolute atomic E-state index is 0.371. The lowest BCUT2D eigenvalue weighted by Gasteiger charge is -2.35. The maximum Gasteiger partial charge on any atom is 0.201 e. The van der Waals surface area contributed by atoms with Crippen molar-refractivity contribution >= 4 is 34.4 Å². The molecule has 0 spiro atoms. The molecule has 1 aromatic heterocycles. The summed E-state index contributed by atoms with van der Waals surface area (Å²) in [5, 5.41) is 3.49. The van der Waals surface area contributed by atoms with E-state index in [2.05, 4.69) is 21.5 Å². The first kappa shape index (κ1) is 13.6. The smallest absolute Gasteiger partial charge is 0.201 e. The van der Waals surface area contributed by atoms with Crippen LogP contribution in [0.25, 0.3) is 11.0 Å². The van der Waals surface area contributed by atoms with Crippen molar-refractivity contribution in [3.63, 3.8) is 0 Å². The van der Waals surface area contributed by atoms with Gasteiger partial charge >= 0.3 is 0 Å². The number of nitrogen functional groups attached to an aromatic ring is 1. The second-order valence-corrected chi connectivity index (χ2v) is 6.94. The Bertz CT molecular complexity index is 587. The monoisotopic (exact) mass is 290 g/mol. The number of benzene rings is 1. The molecule has 108 valence electrons. The van der Waals surface area contributed by atoms with Crippen molar-refractivity contribution in [1.82, 2.24) is 9.97 Å². The summed E-state index contributed by atoms with van der Waals surface area (Å²) in [6, 6.07) is 5.77. The number of aromatic amines is 1. The molecule has 5 heteroatoms. The summed E-state index contributed by atoms with van der Waals surface area (Å²) >= 11 is 2.00. The quantitative estimate of drug-likeness (QED) is 0.752. The molecule has 1 aliphatic rings. The number of anilines is 2. The number of thioether (sulfide) groups is 1. The van der Waals surface area contributed by atoms with Crippen LogP contribution in [0.4, 0.5) is 11.6 Å². The first-order chi connectivity index (χ1) is 9.71. The van der Waals surface area contributed by atoms with Gasteiger partial charge in [-0.2, -0.15) is 11.8 Å². The van der Waals surface area contributed by atoms with Crippen LogP contribution in [-0.2, 0) is 0 Å². The fourth-order valence-electron chi connectivity index (χ4n) is 3.00. The highest BCUT2D eigenvalue weighted by molar-refractivity contribution is 8.00. The SMILES string of the molecule is CSC1(CNc2nc3ccc(N)cc3[nH]2)CCCCC1. The van der Waals surface area contributed by atoms with Gasteiger partial charge in [-0.1, -0.05) is 19.3 Å². The van der Waals surface area contributed by atoms with Crippen molar-refractivity contribution in [3.05, 3.63) is 18.2 Å². The molecule has 3 rings (SSSR count). The molecule has 1 aromatic carbocycles. The predicted octanol–water partition coefficient (Wildman–Crippen LogP) is 3.62. The number of imidazole rings is 1. The highest BCUT2D eigenvalue weighted by Gasteiger charge is 2.31. The fraction of sp³-hybridized carbons (Fsp3) is 0.533. The molecule has 1 heterocycles. The van der Waals surface area contributed by atoms with E-state index in [1.807, 2.05) is 30.0 Å². The van der Waals surface area contributed by atoms with Crippen LogP contribution in [-0.4, -0.2) is 27.5 Å². The molecule has 0 bridgehead atoms. The first-order valence-corrected chi connectivity index (χ1v) is 8.48. The summed E-state index contributed by atoms with van der Waals surface area (Å²) in [6.45, 7) is 0.976. The number of aromatic nitrogens is 2. The van der Waals surface area contributed by atoms with Crippen molar-refractivity contribution in [2.75, 3.05) is 23.9 Å². The number of H-pyrrole nitrogens is 1. The Morgan fingerprint density at radius 2 is 2.15 bits per heavy atom. The van der Waals surface area contributed by atoms with Gasteiger partial charge in [-0.15, -0.1) is 0 Å².